The molecule has 0 aliphatic carbocycles. The van der Waals surface area contributed by atoms with E-state index in [9.17, 15) is 8.42 Å². The fourth-order valence-electron chi connectivity index (χ4n) is 0.946. The fourth-order valence-corrected chi connectivity index (χ4v) is 1.62. The zero-order chi connectivity index (χ0) is 11.3. The number of hydrogen-bond acceptors (Lipinski definition) is 5. The first kappa shape index (κ1) is 11.9. The summed E-state index contributed by atoms with van der Waals surface area (Å²) in [5.74, 6) is 0.527. The van der Waals surface area contributed by atoms with Gasteiger partial charge in [0.2, 0.25) is 10.0 Å². The summed E-state index contributed by atoms with van der Waals surface area (Å²) >= 11 is 0. The van der Waals surface area contributed by atoms with Crippen LogP contribution in [0.5, 0.6) is 0 Å². The number of aliphatic hydroxyl groups is 1. The SMILES string of the molecule is CNS(=O)(=O)c1ccc(NCCO)nc1. The van der Waals surface area contributed by atoms with Crippen LogP contribution >= 0.6 is 0 Å². The molecule has 1 heterocycles. The molecule has 0 aliphatic rings. The third-order valence-corrected chi connectivity index (χ3v) is 3.13. The summed E-state index contributed by atoms with van der Waals surface area (Å²) in [6, 6.07) is 2.98. The number of nitrogens with zero attached hydrogens (tertiary/aromatic N) is 1. The van der Waals surface area contributed by atoms with E-state index in [1.54, 1.807) is 6.07 Å². The average Bonchev–Trinajstić information content (AvgIpc) is 2.27. The normalized spacial score (nSPS) is 11.3. The Labute approximate surface area is 88.4 Å². The molecule has 0 spiro atoms. The van der Waals surface area contributed by atoms with E-state index < -0.39 is 10.0 Å². The molecule has 0 amide bonds. The van der Waals surface area contributed by atoms with Crippen LogP contribution in [0.15, 0.2) is 23.2 Å². The highest BCUT2D eigenvalue weighted by Gasteiger charge is 2.10. The number of nitrogens with one attached hydrogen (secondary N) is 2. The third kappa shape index (κ3) is 3.15. The van der Waals surface area contributed by atoms with Crippen LogP contribution in [0.3, 0.4) is 0 Å². The number of pyridine rings is 1. The molecular formula is C8H13N3O3S. The lowest BCUT2D eigenvalue weighted by Crippen LogP contribution is -2.18. The minimum absolute atomic E-state index is 0.00174. The van der Waals surface area contributed by atoms with E-state index in [0.29, 0.717) is 12.4 Å². The van der Waals surface area contributed by atoms with E-state index in [0.717, 1.165) is 0 Å². The van der Waals surface area contributed by atoms with E-state index in [2.05, 4.69) is 15.0 Å². The van der Waals surface area contributed by atoms with E-state index in [-0.39, 0.29) is 11.5 Å². The second-order valence-electron chi connectivity index (χ2n) is 2.74. The van der Waals surface area contributed by atoms with Gasteiger partial charge < -0.3 is 10.4 Å². The number of anilines is 1. The summed E-state index contributed by atoms with van der Waals surface area (Å²) in [6.45, 7) is 0.378. The topological polar surface area (TPSA) is 91.3 Å². The number of aromatic nitrogens is 1. The van der Waals surface area contributed by atoms with Gasteiger partial charge in [-0.05, 0) is 19.2 Å². The molecule has 0 aromatic carbocycles. The van der Waals surface area contributed by atoms with Crippen molar-refractivity contribution in [2.24, 2.45) is 0 Å². The molecule has 1 rings (SSSR count). The smallest absolute Gasteiger partial charge is 0.241 e. The maximum Gasteiger partial charge on any atom is 0.241 e. The Hall–Kier alpha value is -1.18. The van der Waals surface area contributed by atoms with Crippen molar-refractivity contribution in [2.45, 2.75) is 4.90 Å². The van der Waals surface area contributed by atoms with E-state index in [4.69, 9.17) is 5.11 Å². The molecule has 0 atom stereocenters. The summed E-state index contributed by atoms with van der Waals surface area (Å²) < 4.78 is 24.8. The zero-order valence-electron chi connectivity index (χ0n) is 8.27. The molecular weight excluding hydrogens is 218 g/mol. The molecule has 0 aliphatic heterocycles. The molecule has 7 heteroatoms. The van der Waals surface area contributed by atoms with Crippen molar-refractivity contribution in [3.8, 4) is 0 Å². The van der Waals surface area contributed by atoms with Gasteiger partial charge in [-0.1, -0.05) is 0 Å². The van der Waals surface area contributed by atoms with E-state index in [1.807, 2.05) is 0 Å². The van der Waals surface area contributed by atoms with Gasteiger partial charge in [-0.15, -0.1) is 0 Å². The Kier molecular flexibility index (Phi) is 4.01. The molecule has 0 fully saturated rings. The van der Waals surface area contributed by atoms with Gasteiger partial charge in [0, 0.05) is 12.7 Å². The van der Waals surface area contributed by atoms with Crippen molar-refractivity contribution >= 4 is 15.8 Å². The molecule has 1 aromatic heterocycles. The molecule has 0 unspecified atom stereocenters. The predicted octanol–water partition coefficient (Wildman–Crippen LogP) is -0.606. The van der Waals surface area contributed by atoms with Crippen LogP contribution in [0.4, 0.5) is 5.82 Å². The number of sulfonamides is 1. The monoisotopic (exact) mass is 231 g/mol. The first-order valence-corrected chi connectivity index (χ1v) is 5.83. The number of rotatable bonds is 5. The summed E-state index contributed by atoms with van der Waals surface area (Å²) in [4.78, 5) is 4.00. The van der Waals surface area contributed by atoms with Crippen LogP contribution in [-0.4, -0.2) is 38.7 Å². The summed E-state index contributed by atoms with van der Waals surface area (Å²) in [6.07, 6.45) is 1.26. The largest absolute Gasteiger partial charge is 0.395 e. The Bertz CT molecular complexity index is 402. The molecule has 0 saturated carbocycles. The molecule has 15 heavy (non-hydrogen) atoms. The Balaban J connectivity index is 2.81. The number of aliphatic hydroxyl groups excluding tert-OH is 1. The summed E-state index contributed by atoms with van der Waals surface area (Å²) in [7, 11) is -2.08. The summed E-state index contributed by atoms with van der Waals surface area (Å²) in [5.41, 5.74) is 0. The van der Waals surface area contributed by atoms with E-state index >= 15 is 0 Å². The minimum atomic E-state index is -3.43. The number of hydrogen-bond donors (Lipinski definition) is 3. The minimum Gasteiger partial charge on any atom is -0.395 e. The second kappa shape index (κ2) is 5.06. The van der Waals surface area contributed by atoms with Gasteiger partial charge in [0.15, 0.2) is 0 Å². The van der Waals surface area contributed by atoms with Crippen molar-refractivity contribution in [3.05, 3.63) is 18.3 Å². The first-order chi connectivity index (χ1) is 7.10. The van der Waals surface area contributed by atoms with Gasteiger partial charge in [-0.2, -0.15) is 0 Å². The average molecular weight is 231 g/mol. The standard InChI is InChI=1S/C8H13N3O3S/c1-9-15(13,14)7-2-3-8(11-6-7)10-4-5-12/h2-3,6,9,12H,4-5H2,1H3,(H,10,11). The van der Waals surface area contributed by atoms with Gasteiger partial charge >= 0.3 is 0 Å². The van der Waals surface area contributed by atoms with Gasteiger partial charge in [0.25, 0.3) is 0 Å². The lowest BCUT2D eigenvalue weighted by atomic mass is 10.4. The molecule has 3 N–H and O–H groups in total. The first-order valence-electron chi connectivity index (χ1n) is 4.34. The Morgan fingerprint density at radius 1 is 1.47 bits per heavy atom. The lowest BCUT2D eigenvalue weighted by molar-refractivity contribution is 0.311. The highest BCUT2D eigenvalue weighted by Crippen LogP contribution is 2.09. The van der Waals surface area contributed by atoms with Crippen LogP contribution in [0.1, 0.15) is 0 Å². The van der Waals surface area contributed by atoms with Gasteiger partial charge in [0.05, 0.1) is 6.61 Å². The molecule has 0 radical (unpaired) electrons. The highest BCUT2D eigenvalue weighted by atomic mass is 32.2. The van der Waals surface area contributed by atoms with Crippen molar-refractivity contribution in [1.82, 2.24) is 9.71 Å². The Morgan fingerprint density at radius 2 is 2.20 bits per heavy atom. The van der Waals surface area contributed by atoms with Crippen molar-refractivity contribution in [3.63, 3.8) is 0 Å². The van der Waals surface area contributed by atoms with Crippen molar-refractivity contribution < 1.29 is 13.5 Å². The van der Waals surface area contributed by atoms with Crippen LogP contribution in [-0.2, 0) is 10.0 Å². The zero-order valence-corrected chi connectivity index (χ0v) is 9.08. The summed E-state index contributed by atoms with van der Waals surface area (Å²) in [5, 5.41) is 11.4. The highest BCUT2D eigenvalue weighted by molar-refractivity contribution is 7.89. The molecule has 0 saturated heterocycles. The molecule has 84 valence electrons. The molecule has 6 nitrogen and oxygen atoms in total. The van der Waals surface area contributed by atoms with Crippen molar-refractivity contribution in [2.75, 3.05) is 25.5 Å². The molecule has 0 bridgehead atoms. The van der Waals surface area contributed by atoms with Crippen LogP contribution < -0.4 is 10.0 Å². The lowest BCUT2D eigenvalue weighted by Gasteiger charge is -2.05. The molecule has 1 aromatic rings. The van der Waals surface area contributed by atoms with Crippen LogP contribution in [0.2, 0.25) is 0 Å². The predicted molar refractivity (Wildman–Crippen MR) is 56.1 cm³/mol. The quantitative estimate of drug-likeness (QED) is 0.629. The van der Waals surface area contributed by atoms with Crippen LogP contribution in [0.25, 0.3) is 0 Å². The second-order valence-corrected chi connectivity index (χ2v) is 4.62. The van der Waals surface area contributed by atoms with E-state index in [1.165, 1.54) is 19.3 Å². The maximum atomic E-state index is 11.3. The third-order valence-electron chi connectivity index (χ3n) is 1.73. The Morgan fingerprint density at radius 3 is 2.67 bits per heavy atom. The fraction of sp³-hybridized carbons (Fsp3) is 0.375. The van der Waals surface area contributed by atoms with Gasteiger partial charge in [0.1, 0.15) is 10.7 Å². The van der Waals surface area contributed by atoms with Gasteiger partial charge in [-0.3, -0.25) is 0 Å². The van der Waals surface area contributed by atoms with Crippen LogP contribution in [0, 0.1) is 0 Å². The van der Waals surface area contributed by atoms with Crippen molar-refractivity contribution in [1.29, 1.82) is 0 Å². The van der Waals surface area contributed by atoms with Gasteiger partial charge in [-0.25, -0.2) is 18.1 Å². The maximum absolute atomic E-state index is 11.3.